The first-order valence-corrected chi connectivity index (χ1v) is 5.47. The summed E-state index contributed by atoms with van der Waals surface area (Å²) in [6.07, 6.45) is 9.09. The van der Waals surface area contributed by atoms with E-state index < -0.39 is 11.9 Å². The minimum Gasteiger partial charge on any atom is -0.478 e. The molecule has 96 valence electrons. The first kappa shape index (κ1) is 21.6. The van der Waals surface area contributed by atoms with Gasteiger partial charge in [-0.2, -0.15) is 6.42 Å². The van der Waals surface area contributed by atoms with Crippen molar-refractivity contribution in [2.45, 2.75) is 45.4 Å². The molecule has 0 heterocycles. The van der Waals surface area contributed by atoms with Crippen molar-refractivity contribution < 1.29 is 39.3 Å². The van der Waals surface area contributed by atoms with Crippen molar-refractivity contribution in [2.75, 3.05) is 0 Å². The molecule has 0 bridgehead atoms. The fourth-order valence-electron chi connectivity index (χ4n) is 0.923. The second-order valence-corrected chi connectivity index (χ2v) is 3.28. The van der Waals surface area contributed by atoms with Crippen LogP contribution in [0.25, 0.3) is 0 Å². The maximum atomic E-state index is 9.55. The Labute approximate surface area is 116 Å². The molecule has 0 aromatic rings. The number of hydrogen-bond acceptors (Lipinski definition) is 2. The van der Waals surface area contributed by atoms with Crippen LogP contribution >= 0.6 is 0 Å². The Balaban J connectivity index is -0.000000218. The van der Waals surface area contributed by atoms with Crippen molar-refractivity contribution in [2.24, 2.45) is 0 Å². The standard InChI is InChI=1S/C8H17.C4H4O4.Zn/c1-3-5-7-8-6-4-2;5-3(6)1-2-4(7)8;/h1,3-8H2,2H3;1-2H,(H,5,6)(H,7,8);/q-1;;/b;2-1-;. The van der Waals surface area contributed by atoms with Gasteiger partial charge in [0.15, 0.2) is 0 Å². The van der Waals surface area contributed by atoms with Gasteiger partial charge in [0, 0.05) is 31.6 Å². The maximum Gasteiger partial charge on any atom is 0.328 e. The first-order valence-electron chi connectivity index (χ1n) is 5.47. The molecule has 0 unspecified atom stereocenters. The molecule has 17 heavy (non-hydrogen) atoms. The summed E-state index contributed by atoms with van der Waals surface area (Å²) in [6.45, 7) is 6.02. The van der Waals surface area contributed by atoms with E-state index in [1.807, 2.05) is 0 Å². The van der Waals surface area contributed by atoms with Gasteiger partial charge in [0.1, 0.15) is 0 Å². The summed E-state index contributed by atoms with van der Waals surface area (Å²) >= 11 is 0. The number of carboxylic acid groups (broad SMARTS) is 2. The minimum absolute atomic E-state index is 0. The number of carbonyl (C=O) groups is 2. The molecule has 4 nitrogen and oxygen atoms in total. The number of aliphatic carboxylic acids is 2. The Kier molecular flexibility index (Phi) is 22.5. The van der Waals surface area contributed by atoms with Gasteiger partial charge in [0.25, 0.3) is 0 Å². The van der Waals surface area contributed by atoms with Crippen LogP contribution in [0.15, 0.2) is 12.2 Å². The average molecular weight is 295 g/mol. The van der Waals surface area contributed by atoms with Crippen LogP contribution in [0.1, 0.15) is 45.4 Å². The molecule has 0 aliphatic carbocycles. The van der Waals surface area contributed by atoms with Crippen LogP contribution in [0.3, 0.4) is 0 Å². The Hall–Kier alpha value is -0.697. The summed E-state index contributed by atoms with van der Waals surface area (Å²) in [6, 6.07) is 0. The Bertz CT molecular complexity index is 193. The summed E-state index contributed by atoms with van der Waals surface area (Å²) in [5.41, 5.74) is 0. The van der Waals surface area contributed by atoms with E-state index in [0.29, 0.717) is 12.2 Å². The second kappa shape index (κ2) is 17.7. The molecule has 0 rings (SSSR count). The summed E-state index contributed by atoms with van der Waals surface area (Å²) in [5.74, 6) is -2.51. The number of rotatable bonds is 7. The zero-order valence-electron chi connectivity index (χ0n) is 10.5. The summed E-state index contributed by atoms with van der Waals surface area (Å²) in [4.78, 5) is 19.1. The van der Waals surface area contributed by atoms with E-state index in [-0.39, 0.29) is 19.5 Å². The van der Waals surface area contributed by atoms with Crippen LogP contribution in [0.2, 0.25) is 0 Å². The molecule has 0 aromatic carbocycles. The van der Waals surface area contributed by atoms with Crippen LogP contribution in [-0.2, 0) is 29.1 Å². The Morgan fingerprint density at radius 2 is 1.41 bits per heavy atom. The molecule has 0 amide bonds. The molecule has 0 saturated carbocycles. The predicted molar refractivity (Wildman–Crippen MR) is 63.1 cm³/mol. The maximum absolute atomic E-state index is 9.55. The third-order valence-corrected chi connectivity index (χ3v) is 1.72. The minimum atomic E-state index is -1.26. The van der Waals surface area contributed by atoms with E-state index in [1.165, 1.54) is 32.1 Å². The van der Waals surface area contributed by atoms with Gasteiger partial charge < -0.3 is 17.1 Å². The molecule has 0 fully saturated rings. The molecule has 0 radical (unpaired) electrons. The van der Waals surface area contributed by atoms with Crippen LogP contribution < -0.4 is 0 Å². The smallest absolute Gasteiger partial charge is 0.328 e. The van der Waals surface area contributed by atoms with E-state index in [4.69, 9.17) is 10.2 Å². The predicted octanol–water partition coefficient (Wildman–Crippen LogP) is 2.89. The van der Waals surface area contributed by atoms with Gasteiger partial charge >= 0.3 is 11.9 Å². The van der Waals surface area contributed by atoms with Crippen LogP contribution in [-0.4, -0.2) is 22.2 Å². The zero-order chi connectivity index (χ0) is 12.8. The molecule has 5 heteroatoms. The van der Waals surface area contributed by atoms with Crippen molar-refractivity contribution >= 4 is 11.9 Å². The first-order chi connectivity index (χ1) is 7.54. The molecule has 0 atom stereocenters. The average Bonchev–Trinajstić information content (AvgIpc) is 2.23. The van der Waals surface area contributed by atoms with Crippen molar-refractivity contribution in [3.8, 4) is 0 Å². The number of carboxylic acids is 2. The van der Waals surface area contributed by atoms with Gasteiger partial charge in [-0.25, -0.2) is 9.59 Å². The SMILES string of the molecule is O=C(O)/C=C\C(=O)O.[CH2-]CCCCCCC.[Zn]. The van der Waals surface area contributed by atoms with Crippen molar-refractivity contribution in [1.82, 2.24) is 0 Å². The quantitative estimate of drug-likeness (QED) is 0.328. The largest absolute Gasteiger partial charge is 0.478 e. The molecule has 0 aliphatic rings. The Morgan fingerprint density at radius 1 is 1.00 bits per heavy atom. The van der Waals surface area contributed by atoms with E-state index in [2.05, 4.69) is 13.8 Å². The van der Waals surface area contributed by atoms with Gasteiger partial charge in [-0.15, -0.1) is 0 Å². The molecule has 0 saturated heterocycles. The van der Waals surface area contributed by atoms with Gasteiger partial charge in [-0.3, -0.25) is 0 Å². The van der Waals surface area contributed by atoms with E-state index in [9.17, 15) is 9.59 Å². The van der Waals surface area contributed by atoms with Crippen molar-refractivity contribution in [3.05, 3.63) is 19.1 Å². The third-order valence-electron chi connectivity index (χ3n) is 1.72. The molecule has 0 aromatic heterocycles. The normalized spacial score (nSPS) is 9.06. The Morgan fingerprint density at radius 3 is 1.71 bits per heavy atom. The fourth-order valence-corrected chi connectivity index (χ4v) is 0.923. The van der Waals surface area contributed by atoms with Gasteiger partial charge in [0.2, 0.25) is 0 Å². The number of hydrogen-bond donors (Lipinski definition) is 2. The van der Waals surface area contributed by atoms with E-state index in [1.54, 1.807) is 0 Å². The zero-order valence-corrected chi connectivity index (χ0v) is 13.5. The summed E-state index contributed by atoms with van der Waals surface area (Å²) in [7, 11) is 0. The van der Waals surface area contributed by atoms with Crippen molar-refractivity contribution in [1.29, 1.82) is 0 Å². The summed E-state index contributed by atoms with van der Waals surface area (Å²) < 4.78 is 0. The van der Waals surface area contributed by atoms with E-state index >= 15 is 0 Å². The van der Waals surface area contributed by atoms with Gasteiger partial charge in [-0.1, -0.05) is 39.0 Å². The second-order valence-electron chi connectivity index (χ2n) is 3.28. The molecule has 0 spiro atoms. The number of unbranched alkanes of at least 4 members (excludes halogenated alkanes) is 5. The molecule has 2 N–H and O–H groups in total. The molecule has 0 aliphatic heterocycles. The van der Waals surface area contributed by atoms with Gasteiger partial charge in [0.05, 0.1) is 0 Å². The topological polar surface area (TPSA) is 74.6 Å². The molecular formula is C12H21O4Zn-. The summed E-state index contributed by atoms with van der Waals surface area (Å²) in [5, 5.41) is 15.6. The fraction of sp³-hybridized carbons (Fsp3) is 0.583. The monoisotopic (exact) mass is 293 g/mol. The van der Waals surface area contributed by atoms with Crippen molar-refractivity contribution in [3.63, 3.8) is 0 Å². The van der Waals surface area contributed by atoms with E-state index in [0.717, 1.165) is 6.42 Å². The van der Waals surface area contributed by atoms with Gasteiger partial charge in [-0.05, 0) is 0 Å². The van der Waals surface area contributed by atoms with Crippen LogP contribution in [0.4, 0.5) is 0 Å². The van der Waals surface area contributed by atoms with Crippen LogP contribution in [0.5, 0.6) is 0 Å². The van der Waals surface area contributed by atoms with Crippen LogP contribution in [0, 0.1) is 6.92 Å². The third kappa shape index (κ3) is 31.3. The molecular weight excluding hydrogens is 274 g/mol.